The smallest absolute Gasteiger partial charge is 0.134 e. The molecular formula is C17H15F2NO. The number of nitrogens with one attached hydrogen (secondary N) is 1. The van der Waals surface area contributed by atoms with Gasteiger partial charge in [-0.1, -0.05) is 6.07 Å². The van der Waals surface area contributed by atoms with E-state index >= 15 is 0 Å². The van der Waals surface area contributed by atoms with Crippen LogP contribution in [0.1, 0.15) is 22.9 Å². The fourth-order valence-corrected chi connectivity index (χ4v) is 2.55. The molecular weight excluding hydrogens is 272 g/mol. The van der Waals surface area contributed by atoms with Gasteiger partial charge in [-0.3, -0.25) is 0 Å². The van der Waals surface area contributed by atoms with E-state index in [1.54, 1.807) is 25.2 Å². The SMILES string of the molecule is CNC(c1cc2cc(F)ccc2o1)c1cc(F)ccc1C. The predicted molar refractivity (Wildman–Crippen MR) is 78.2 cm³/mol. The average molecular weight is 287 g/mol. The minimum Gasteiger partial charge on any atom is -0.459 e. The van der Waals surface area contributed by atoms with Crippen molar-refractivity contribution in [1.82, 2.24) is 5.32 Å². The summed E-state index contributed by atoms with van der Waals surface area (Å²) in [6.07, 6.45) is 0. The van der Waals surface area contributed by atoms with Crippen molar-refractivity contribution in [2.24, 2.45) is 0 Å². The van der Waals surface area contributed by atoms with Gasteiger partial charge in [-0.15, -0.1) is 0 Å². The normalized spacial score (nSPS) is 12.8. The molecule has 0 aliphatic carbocycles. The van der Waals surface area contributed by atoms with Crippen LogP contribution < -0.4 is 5.32 Å². The highest BCUT2D eigenvalue weighted by molar-refractivity contribution is 5.78. The van der Waals surface area contributed by atoms with Crippen molar-refractivity contribution >= 4 is 11.0 Å². The topological polar surface area (TPSA) is 25.2 Å². The Hall–Kier alpha value is -2.20. The molecule has 0 radical (unpaired) electrons. The summed E-state index contributed by atoms with van der Waals surface area (Å²) in [5.41, 5.74) is 2.38. The van der Waals surface area contributed by atoms with Crippen LogP contribution in [0.4, 0.5) is 8.78 Å². The Kier molecular flexibility index (Phi) is 3.47. The lowest BCUT2D eigenvalue weighted by atomic mass is 9.99. The summed E-state index contributed by atoms with van der Waals surface area (Å²) in [5, 5.41) is 3.82. The van der Waals surface area contributed by atoms with Crippen LogP contribution in [-0.4, -0.2) is 7.05 Å². The summed E-state index contributed by atoms with van der Waals surface area (Å²) in [7, 11) is 1.78. The van der Waals surface area contributed by atoms with Crippen molar-refractivity contribution in [1.29, 1.82) is 0 Å². The molecule has 2 nitrogen and oxygen atoms in total. The first kappa shape index (κ1) is 13.8. The predicted octanol–water partition coefficient (Wildman–Crippen LogP) is 4.33. The maximum Gasteiger partial charge on any atom is 0.134 e. The van der Waals surface area contributed by atoms with Gasteiger partial charge in [-0.25, -0.2) is 8.78 Å². The third-order valence-corrected chi connectivity index (χ3v) is 3.62. The molecule has 1 unspecified atom stereocenters. The first-order chi connectivity index (χ1) is 10.1. The van der Waals surface area contributed by atoms with E-state index in [0.717, 1.165) is 11.1 Å². The molecule has 1 N–H and O–H groups in total. The van der Waals surface area contributed by atoms with Crippen LogP contribution >= 0.6 is 0 Å². The molecule has 108 valence electrons. The standard InChI is InChI=1S/C17H15F2NO/c1-10-3-4-13(19)9-14(10)17(20-2)16-8-11-7-12(18)5-6-15(11)21-16/h3-9,17,20H,1-2H3. The van der Waals surface area contributed by atoms with E-state index < -0.39 is 0 Å². The largest absolute Gasteiger partial charge is 0.459 e. The molecule has 0 spiro atoms. The molecule has 0 saturated heterocycles. The molecule has 3 rings (SSSR count). The monoisotopic (exact) mass is 287 g/mol. The van der Waals surface area contributed by atoms with Gasteiger partial charge in [0.15, 0.2) is 0 Å². The molecule has 1 heterocycles. The van der Waals surface area contributed by atoms with Crippen molar-refractivity contribution < 1.29 is 13.2 Å². The minimum atomic E-state index is -0.308. The summed E-state index contributed by atoms with van der Waals surface area (Å²) in [6, 6.07) is 10.5. The van der Waals surface area contributed by atoms with Crippen LogP contribution in [0.2, 0.25) is 0 Å². The first-order valence-electron chi connectivity index (χ1n) is 6.71. The van der Waals surface area contributed by atoms with Gasteiger partial charge in [0.05, 0.1) is 6.04 Å². The minimum absolute atomic E-state index is 0.281. The molecule has 4 heteroatoms. The second kappa shape index (κ2) is 5.30. The second-order valence-electron chi connectivity index (χ2n) is 5.05. The Bertz CT molecular complexity index is 795. The van der Waals surface area contributed by atoms with Crippen molar-refractivity contribution in [3.05, 3.63) is 71.0 Å². The van der Waals surface area contributed by atoms with E-state index in [9.17, 15) is 8.78 Å². The summed E-state index contributed by atoms with van der Waals surface area (Å²) in [6.45, 7) is 1.92. The molecule has 0 amide bonds. The van der Waals surface area contributed by atoms with E-state index in [1.807, 2.05) is 6.92 Å². The Morgan fingerprint density at radius 3 is 2.48 bits per heavy atom. The summed E-state index contributed by atoms with van der Waals surface area (Å²) in [5.74, 6) is 0.0302. The molecule has 0 aliphatic rings. The van der Waals surface area contributed by atoms with E-state index in [0.29, 0.717) is 16.7 Å². The second-order valence-corrected chi connectivity index (χ2v) is 5.05. The van der Waals surface area contributed by atoms with Gasteiger partial charge in [0.1, 0.15) is 23.0 Å². The number of rotatable bonds is 3. The van der Waals surface area contributed by atoms with Gasteiger partial charge in [0.2, 0.25) is 0 Å². The Morgan fingerprint density at radius 2 is 1.71 bits per heavy atom. The zero-order valence-corrected chi connectivity index (χ0v) is 11.8. The van der Waals surface area contributed by atoms with Gasteiger partial charge in [0, 0.05) is 5.39 Å². The van der Waals surface area contributed by atoms with Crippen LogP contribution in [0.15, 0.2) is 46.9 Å². The van der Waals surface area contributed by atoms with Crippen molar-refractivity contribution in [2.75, 3.05) is 7.05 Å². The molecule has 0 aliphatic heterocycles. The lowest BCUT2D eigenvalue weighted by molar-refractivity contribution is 0.488. The highest BCUT2D eigenvalue weighted by Gasteiger charge is 2.19. The zero-order valence-electron chi connectivity index (χ0n) is 11.8. The van der Waals surface area contributed by atoms with E-state index in [1.165, 1.54) is 24.3 Å². The van der Waals surface area contributed by atoms with Crippen LogP contribution in [0, 0.1) is 18.6 Å². The molecule has 2 aromatic carbocycles. The summed E-state index contributed by atoms with van der Waals surface area (Å²) >= 11 is 0. The highest BCUT2D eigenvalue weighted by Crippen LogP contribution is 2.30. The third-order valence-electron chi connectivity index (χ3n) is 3.62. The molecule has 1 aromatic heterocycles. The lowest BCUT2D eigenvalue weighted by Gasteiger charge is -2.16. The van der Waals surface area contributed by atoms with Gasteiger partial charge >= 0.3 is 0 Å². The molecule has 1 atom stereocenters. The lowest BCUT2D eigenvalue weighted by Crippen LogP contribution is -2.18. The molecule has 0 bridgehead atoms. The zero-order chi connectivity index (χ0) is 15.0. The fourth-order valence-electron chi connectivity index (χ4n) is 2.55. The quantitative estimate of drug-likeness (QED) is 0.775. The van der Waals surface area contributed by atoms with E-state index in [-0.39, 0.29) is 17.7 Å². The maximum atomic E-state index is 13.5. The maximum absolute atomic E-state index is 13.5. The fraction of sp³-hybridized carbons (Fsp3) is 0.176. The number of hydrogen-bond donors (Lipinski definition) is 1. The average Bonchev–Trinajstić information content (AvgIpc) is 2.86. The van der Waals surface area contributed by atoms with Crippen LogP contribution in [-0.2, 0) is 0 Å². The van der Waals surface area contributed by atoms with Crippen LogP contribution in [0.25, 0.3) is 11.0 Å². The number of halogens is 2. The van der Waals surface area contributed by atoms with Gasteiger partial charge in [-0.2, -0.15) is 0 Å². The Morgan fingerprint density at radius 1 is 1.00 bits per heavy atom. The van der Waals surface area contributed by atoms with Crippen LogP contribution in [0.3, 0.4) is 0 Å². The molecule has 21 heavy (non-hydrogen) atoms. The number of aryl methyl sites for hydroxylation is 1. The van der Waals surface area contributed by atoms with Crippen molar-refractivity contribution in [2.45, 2.75) is 13.0 Å². The van der Waals surface area contributed by atoms with Crippen molar-refractivity contribution in [3.8, 4) is 0 Å². The first-order valence-corrected chi connectivity index (χ1v) is 6.71. The van der Waals surface area contributed by atoms with Gasteiger partial charge in [0.25, 0.3) is 0 Å². The van der Waals surface area contributed by atoms with Crippen LogP contribution in [0.5, 0.6) is 0 Å². The Balaban J connectivity index is 2.11. The van der Waals surface area contributed by atoms with Gasteiger partial charge < -0.3 is 9.73 Å². The van der Waals surface area contributed by atoms with E-state index in [4.69, 9.17) is 4.42 Å². The number of benzene rings is 2. The molecule has 0 fully saturated rings. The number of hydrogen-bond acceptors (Lipinski definition) is 2. The number of furan rings is 1. The highest BCUT2D eigenvalue weighted by atomic mass is 19.1. The Labute approximate surface area is 121 Å². The van der Waals surface area contributed by atoms with Gasteiger partial charge in [-0.05, 0) is 61.5 Å². The summed E-state index contributed by atoms with van der Waals surface area (Å²) in [4.78, 5) is 0. The molecule has 3 aromatic rings. The number of fused-ring (bicyclic) bond motifs is 1. The van der Waals surface area contributed by atoms with E-state index in [2.05, 4.69) is 5.32 Å². The molecule has 0 saturated carbocycles. The van der Waals surface area contributed by atoms with Crippen molar-refractivity contribution in [3.63, 3.8) is 0 Å². The third kappa shape index (κ3) is 2.54. The summed E-state index contributed by atoms with van der Waals surface area (Å²) < 4.78 is 32.5.